The monoisotopic (exact) mass is 192 g/mol. The van der Waals surface area contributed by atoms with Crippen LogP contribution in [-0.4, -0.2) is 59.4 Å². The van der Waals surface area contributed by atoms with Gasteiger partial charge in [-0.1, -0.05) is 0 Å². The number of aldehydes is 1. The van der Waals surface area contributed by atoms with Crippen molar-refractivity contribution in [3.8, 4) is 0 Å². The summed E-state index contributed by atoms with van der Waals surface area (Å²) >= 11 is 0. The summed E-state index contributed by atoms with van der Waals surface area (Å²) < 4.78 is 9.44. The number of hydrogen-bond acceptors (Lipinski definition) is 6. The molecule has 1 heterocycles. The van der Waals surface area contributed by atoms with E-state index in [1.807, 2.05) is 0 Å². The minimum atomic E-state index is -2.20. The topological polar surface area (TPSA) is 96.2 Å². The highest BCUT2D eigenvalue weighted by Gasteiger charge is 2.51. The Morgan fingerprint density at radius 1 is 1.62 bits per heavy atom. The first kappa shape index (κ1) is 10.6. The van der Waals surface area contributed by atoms with Crippen LogP contribution in [0.4, 0.5) is 0 Å². The van der Waals surface area contributed by atoms with Crippen molar-refractivity contribution in [1.82, 2.24) is 0 Å². The van der Waals surface area contributed by atoms with Crippen molar-refractivity contribution in [2.75, 3.05) is 13.7 Å². The summed E-state index contributed by atoms with van der Waals surface area (Å²) in [4.78, 5) is 10.5. The van der Waals surface area contributed by atoms with E-state index in [0.717, 1.165) is 0 Å². The fourth-order valence-electron chi connectivity index (χ4n) is 1.24. The molecule has 13 heavy (non-hydrogen) atoms. The van der Waals surface area contributed by atoms with Gasteiger partial charge in [-0.15, -0.1) is 0 Å². The van der Waals surface area contributed by atoms with E-state index in [-0.39, 0.29) is 12.9 Å². The van der Waals surface area contributed by atoms with Gasteiger partial charge in [-0.25, -0.2) is 0 Å². The molecule has 0 amide bonds. The molecule has 0 saturated carbocycles. The number of rotatable bonds is 2. The van der Waals surface area contributed by atoms with Gasteiger partial charge in [0.1, 0.15) is 12.2 Å². The number of aliphatic hydroxyl groups is 3. The van der Waals surface area contributed by atoms with E-state index in [1.54, 1.807) is 0 Å². The first-order chi connectivity index (χ1) is 6.06. The van der Waals surface area contributed by atoms with Crippen LogP contribution in [0.25, 0.3) is 0 Å². The Balaban J connectivity index is 2.87. The predicted octanol–water partition coefficient (Wildman–Crippen LogP) is -2.36. The van der Waals surface area contributed by atoms with Crippen molar-refractivity contribution >= 4 is 6.29 Å². The summed E-state index contributed by atoms with van der Waals surface area (Å²) in [6.07, 6.45) is -4.03. The van der Waals surface area contributed by atoms with Crippen LogP contribution in [0, 0.1) is 0 Å². The summed E-state index contributed by atoms with van der Waals surface area (Å²) in [5, 5.41) is 28.0. The molecule has 0 aromatic heterocycles. The van der Waals surface area contributed by atoms with Crippen LogP contribution in [0.1, 0.15) is 0 Å². The van der Waals surface area contributed by atoms with Gasteiger partial charge >= 0.3 is 0 Å². The highest BCUT2D eigenvalue weighted by atomic mass is 16.7. The van der Waals surface area contributed by atoms with Gasteiger partial charge in [-0.3, -0.25) is 4.79 Å². The van der Waals surface area contributed by atoms with Crippen molar-refractivity contribution in [3.05, 3.63) is 0 Å². The molecule has 4 atom stereocenters. The molecule has 0 aliphatic carbocycles. The van der Waals surface area contributed by atoms with E-state index in [0.29, 0.717) is 0 Å². The third-order valence-corrected chi connectivity index (χ3v) is 2.04. The smallest absolute Gasteiger partial charge is 0.199 e. The molecule has 1 aliphatic heterocycles. The maximum Gasteiger partial charge on any atom is 0.199 e. The second-order valence-electron chi connectivity index (χ2n) is 2.92. The van der Waals surface area contributed by atoms with Gasteiger partial charge in [0.05, 0.1) is 6.61 Å². The maximum atomic E-state index is 10.5. The Kier molecular flexibility index (Phi) is 2.99. The van der Waals surface area contributed by atoms with E-state index >= 15 is 0 Å². The first-order valence-corrected chi connectivity index (χ1v) is 3.75. The number of methoxy groups -OCH3 is 1. The van der Waals surface area contributed by atoms with Crippen LogP contribution in [0.3, 0.4) is 0 Å². The van der Waals surface area contributed by atoms with Gasteiger partial charge < -0.3 is 24.8 Å². The number of aliphatic hydroxyl groups excluding tert-OH is 2. The van der Waals surface area contributed by atoms with Crippen LogP contribution < -0.4 is 0 Å². The molecule has 3 N–H and O–H groups in total. The fourth-order valence-corrected chi connectivity index (χ4v) is 1.24. The van der Waals surface area contributed by atoms with E-state index in [4.69, 9.17) is 9.84 Å². The van der Waals surface area contributed by atoms with Crippen LogP contribution in [0.15, 0.2) is 0 Å². The van der Waals surface area contributed by atoms with E-state index in [1.165, 1.54) is 7.11 Å². The van der Waals surface area contributed by atoms with Gasteiger partial charge in [0.15, 0.2) is 18.2 Å². The van der Waals surface area contributed by atoms with Gasteiger partial charge in [-0.2, -0.15) is 0 Å². The summed E-state index contributed by atoms with van der Waals surface area (Å²) in [6.45, 7) is -0.185. The average Bonchev–Trinajstić information content (AvgIpc) is 2.15. The zero-order chi connectivity index (χ0) is 10.1. The van der Waals surface area contributed by atoms with Gasteiger partial charge in [0.2, 0.25) is 0 Å². The van der Waals surface area contributed by atoms with Crippen LogP contribution in [0.2, 0.25) is 0 Å². The molecule has 0 radical (unpaired) electrons. The van der Waals surface area contributed by atoms with Crippen LogP contribution in [0.5, 0.6) is 0 Å². The van der Waals surface area contributed by atoms with Crippen LogP contribution in [-0.2, 0) is 14.3 Å². The average molecular weight is 192 g/mol. The van der Waals surface area contributed by atoms with Crippen molar-refractivity contribution in [3.63, 3.8) is 0 Å². The van der Waals surface area contributed by atoms with Crippen molar-refractivity contribution in [1.29, 1.82) is 0 Å². The molecule has 0 bridgehead atoms. The molecule has 76 valence electrons. The summed E-state index contributed by atoms with van der Waals surface area (Å²) in [7, 11) is 1.23. The van der Waals surface area contributed by atoms with Crippen LogP contribution >= 0.6 is 0 Å². The Bertz CT molecular complexity index is 191. The molecule has 0 aromatic carbocycles. The summed E-state index contributed by atoms with van der Waals surface area (Å²) in [5.74, 6) is 0. The Hall–Kier alpha value is -0.530. The third-order valence-electron chi connectivity index (χ3n) is 2.04. The Morgan fingerprint density at radius 2 is 2.23 bits per heavy atom. The van der Waals surface area contributed by atoms with Gasteiger partial charge in [-0.05, 0) is 0 Å². The largest absolute Gasteiger partial charge is 0.388 e. The summed E-state index contributed by atoms with van der Waals surface area (Å²) in [6, 6.07) is 0. The zero-order valence-electron chi connectivity index (χ0n) is 7.08. The lowest BCUT2D eigenvalue weighted by Crippen LogP contribution is -2.64. The Morgan fingerprint density at radius 3 is 2.69 bits per heavy atom. The molecule has 1 fully saturated rings. The molecular weight excluding hydrogens is 180 g/mol. The molecular formula is C7H12O6. The number of hydrogen-bond donors (Lipinski definition) is 3. The predicted molar refractivity (Wildman–Crippen MR) is 39.8 cm³/mol. The SMILES string of the molecule is COC1OCC(O)C(O)C1(O)C=O. The molecule has 0 spiro atoms. The normalized spacial score (nSPS) is 46.0. The number of ether oxygens (including phenoxy) is 2. The molecule has 6 nitrogen and oxygen atoms in total. The summed E-state index contributed by atoms with van der Waals surface area (Å²) in [5.41, 5.74) is -2.20. The van der Waals surface area contributed by atoms with E-state index in [9.17, 15) is 15.0 Å². The molecule has 1 rings (SSSR count). The second-order valence-corrected chi connectivity index (χ2v) is 2.92. The lowest BCUT2D eigenvalue weighted by Gasteiger charge is -2.40. The molecule has 1 saturated heterocycles. The quantitative estimate of drug-likeness (QED) is 0.423. The van der Waals surface area contributed by atoms with Crippen molar-refractivity contribution < 1.29 is 29.6 Å². The number of carbonyl (C=O) groups is 1. The van der Waals surface area contributed by atoms with Gasteiger partial charge in [0.25, 0.3) is 0 Å². The van der Waals surface area contributed by atoms with Crippen molar-refractivity contribution in [2.24, 2.45) is 0 Å². The molecule has 4 unspecified atom stereocenters. The van der Waals surface area contributed by atoms with E-state index < -0.39 is 24.1 Å². The fraction of sp³-hybridized carbons (Fsp3) is 0.857. The zero-order valence-corrected chi connectivity index (χ0v) is 7.08. The highest BCUT2D eigenvalue weighted by Crippen LogP contribution is 2.24. The highest BCUT2D eigenvalue weighted by molar-refractivity contribution is 5.64. The molecule has 0 aromatic rings. The molecule has 6 heteroatoms. The number of carbonyl (C=O) groups excluding carboxylic acids is 1. The molecule has 1 aliphatic rings. The minimum absolute atomic E-state index is 0.105. The van der Waals surface area contributed by atoms with E-state index in [2.05, 4.69) is 4.74 Å². The van der Waals surface area contributed by atoms with Gasteiger partial charge in [0, 0.05) is 7.11 Å². The first-order valence-electron chi connectivity index (χ1n) is 3.75. The van der Waals surface area contributed by atoms with Crippen molar-refractivity contribution in [2.45, 2.75) is 24.1 Å². The lowest BCUT2D eigenvalue weighted by atomic mass is 9.91. The lowest BCUT2D eigenvalue weighted by molar-refractivity contribution is -0.293. The second kappa shape index (κ2) is 3.69. The Labute approximate surface area is 74.7 Å². The standard InChI is InChI=1S/C7H12O6/c1-12-6-7(11,3-8)5(10)4(9)2-13-6/h3-6,9-11H,2H2,1H3. The minimum Gasteiger partial charge on any atom is -0.388 e. The third kappa shape index (κ3) is 1.59. The maximum absolute atomic E-state index is 10.5.